The lowest BCUT2D eigenvalue weighted by Crippen LogP contribution is -2.24. The van der Waals surface area contributed by atoms with E-state index in [0.29, 0.717) is 25.1 Å². The summed E-state index contributed by atoms with van der Waals surface area (Å²) in [4.78, 5) is 10.7. The predicted octanol–water partition coefficient (Wildman–Crippen LogP) is 2.33. The van der Waals surface area contributed by atoms with Gasteiger partial charge in [0.15, 0.2) is 6.10 Å². The van der Waals surface area contributed by atoms with Crippen molar-refractivity contribution < 1.29 is 28.2 Å². The highest BCUT2D eigenvalue weighted by Gasteiger charge is 2.30. The highest BCUT2D eigenvalue weighted by atomic mass is 19.3. The number of nitrogens with one attached hydrogen (secondary N) is 1. The lowest BCUT2D eigenvalue weighted by Gasteiger charge is -2.16. The van der Waals surface area contributed by atoms with Gasteiger partial charge in [-0.15, -0.1) is 0 Å². The van der Waals surface area contributed by atoms with Crippen molar-refractivity contribution in [1.29, 1.82) is 0 Å². The van der Waals surface area contributed by atoms with Crippen LogP contribution in [0.1, 0.15) is 12.8 Å². The number of rotatable bonds is 6. The van der Waals surface area contributed by atoms with Crippen LogP contribution in [0.4, 0.5) is 14.5 Å². The van der Waals surface area contributed by atoms with Gasteiger partial charge in [-0.3, -0.25) is 0 Å². The van der Waals surface area contributed by atoms with Crippen LogP contribution < -0.4 is 10.1 Å². The fraction of sp³-hybridized carbons (Fsp3) is 0.462. The van der Waals surface area contributed by atoms with Crippen molar-refractivity contribution in [3.8, 4) is 5.75 Å². The molecule has 2 N–H and O–H groups in total. The van der Waals surface area contributed by atoms with Gasteiger partial charge in [0, 0.05) is 6.54 Å². The molecule has 110 valence electrons. The molecule has 1 aromatic rings. The van der Waals surface area contributed by atoms with Gasteiger partial charge in [-0.2, -0.15) is 8.78 Å². The van der Waals surface area contributed by atoms with E-state index in [1.54, 1.807) is 18.2 Å². The molecule has 0 aliphatic carbocycles. The molecule has 0 aromatic heterocycles. The molecule has 1 saturated heterocycles. The second-order valence-corrected chi connectivity index (χ2v) is 4.42. The van der Waals surface area contributed by atoms with Crippen molar-refractivity contribution in [3.05, 3.63) is 24.3 Å². The first kappa shape index (κ1) is 14.5. The maximum absolute atomic E-state index is 12.2. The van der Waals surface area contributed by atoms with Crippen molar-refractivity contribution in [3.63, 3.8) is 0 Å². The van der Waals surface area contributed by atoms with E-state index in [2.05, 4.69) is 10.1 Å². The number of benzene rings is 1. The fourth-order valence-electron chi connectivity index (χ4n) is 2.07. The number of carboxylic acid groups (broad SMARTS) is 1. The summed E-state index contributed by atoms with van der Waals surface area (Å²) >= 11 is 0. The van der Waals surface area contributed by atoms with E-state index in [1.807, 2.05) is 0 Å². The van der Waals surface area contributed by atoms with Crippen LogP contribution >= 0.6 is 0 Å². The van der Waals surface area contributed by atoms with E-state index in [-0.39, 0.29) is 11.9 Å². The number of aliphatic carboxylic acids is 1. The molecule has 0 spiro atoms. The van der Waals surface area contributed by atoms with Crippen LogP contribution in [0.2, 0.25) is 0 Å². The number of anilines is 1. The summed E-state index contributed by atoms with van der Waals surface area (Å²) in [5, 5.41) is 11.8. The highest BCUT2D eigenvalue weighted by Crippen LogP contribution is 2.27. The maximum atomic E-state index is 12.2. The standard InChI is InChI=1S/C13H15F2NO4/c14-13(15)20-10-4-2-1-3-9(10)16-7-8-5-6-11(19-8)12(17)18/h1-4,8,11,13,16H,5-7H2,(H,17,18). The largest absolute Gasteiger partial charge is 0.479 e. The number of hydrogen-bond donors (Lipinski definition) is 2. The molecule has 1 fully saturated rings. The van der Waals surface area contributed by atoms with Crippen LogP contribution in [-0.4, -0.2) is 36.4 Å². The Labute approximate surface area is 114 Å². The second kappa shape index (κ2) is 6.51. The Morgan fingerprint density at radius 2 is 2.20 bits per heavy atom. The molecule has 2 rings (SSSR count). The topological polar surface area (TPSA) is 67.8 Å². The number of carboxylic acids is 1. The molecular formula is C13H15F2NO4. The summed E-state index contributed by atoms with van der Waals surface area (Å²) in [5.41, 5.74) is 0.426. The van der Waals surface area contributed by atoms with E-state index >= 15 is 0 Å². The first-order chi connectivity index (χ1) is 9.56. The lowest BCUT2D eigenvalue weighted by molar-refractivity contribution is -0.149. The molecule has 20 heavy (non-hydrogen) atoms. The Balaban J connectivity index is 1.90. The van der Waals surface area contributed by atoms with Crippen molar-refractivity contribution in [2.45, 2.75) is 31.7 Å². The van der Waals surface area contributed by atoms with Crippen LogP contribution in [-0.2, 0) is 9.53 Å². The summed E-state index contributed by atoms with van der Waals surface area (Å²) in [7, 11) is 0. The zero-order valence-electron chi connectivity index (χ0n) is 10.6. The summed E-state index contributed by atoms with van der Waals surface area (Å²) in [5.74, 6) is -0.927. The first-order valence-electron chi connectivity index (χ1n) is 6.22. The van der Waals surface area contributed by atoms with Crippen LogP contribution in [0.5, 0.6) is 5.75 Å². The SMILES string of the molecule is O=C(O)C1CCC(CNc2ccccc2OC(F)F)O1. The number of carbonyl (C=O) groups is 1. The van der Waals surface area contributed by atoms with Gasteiger partial charge in [-0.1, -0.05) is 12.1 Å². The second-order valence-electron chi connectivity index (χ2n) is 4.42. The molecule has 0 radical (unpaired) electrons. The third kappa shape index (κ3) is 3.80. The smallest absolute Gasteiger partial charge is 0.387 e. The van der Waals surface area contributed by atoms with E-state index in [0.717, 1.165) is 0 Å². The third-order valence-corrected chi connectivity index (χ3v) is 3.01. The van der Waals surface area contributed by atoms with Crippen LogP contribution in [0.3, 0.4) is 0 Å². The molecule has 5 nitrogen and oxygen atoms in total. The van der Waals surface area contributed by atoms with Gasteiger partial charge in [0.25, 0.3) is 0 Å². The number of hydrogen-bond acceptors (Lipinski definition) is 4. The molecule has 0 bridgehead atoms. The zero-order valence-corrected chi connectivity index (χ0v) is 10.6. The third-order valence-electron chi connectivity index (χ3n) is 3.01. The van der Waals surface area contributed by atoms with Gasteiger partial charge < -0.3 is 19.9 Å². The van der Waals surface area contributed by atoms with Gasteiger partial charge in [-0.25, -0.2) is 4.79 Å². The summed E-state index contributed by atoms with van der Waals surface area (Å²) < 4.78 is 34.2. The van der Waals surface area contributed by atoms with Crippen molar-refractivity contribution >= 4 is 11.7 Å². The van der Waals surface area contributed by atoms with Gasteiger partial charge in [0.05, 0.1) is 11.8 Å². The molecule has 1 aromatic carbocycles. The number of alkyl halides is 2. The van der Waals surface area contributed by atoms with Gasteiger partial charge in [0.2, 0.25) is 0 Å². The van der Waals surface area contributed by atoms with E-state index < -0.39 is 18.7 Å². The summed E-state index contributed by atoms with van der Waals surface area (Å²) in [6.45, 7) is -2.55. The van der Waals surface area contributed by atoms with Gasteiger partial charge in [0.1, 0.15) is 5.75 Å². The van der Waals surface area contributed by atoms with Crippen molar-refractivity contribution in [2.75, 3.05) is 11.9 Å². The molecule has 1 aliphatic heterocycles. The lowest BCUT2D eigenvalue weighted by atomic mass is 10.2. The minimum absolute atomic E-state index is 0.0512. The van der Waals surface area contributed by atoms with Crippen molar-refractivity contribution in [2.24, 2.45) is 0 Å². The predicted molar refractivity (Wildman–Crippen MR) is 67.1 cm³/mol. The van der Waals surface area contributed by atoms with Gasteiger partial charge >= 0.3 is 12.6 Å². The average Bonchev–Trinajstić information content (AvgIpc) is 2.86. The van der Waals surface area contributed by atoms with E-state index in [1.165, 1.54) is 6.07 Å². The number of ether oxygens (including phenoxy) is 2. The molecule has 1 heterocycles. The first-order valence-corrected chi connectivity index (χ1v) is 6.22. The summed E-state index contributed by atoms with van der Waals surface area (Å²) in [6.07, 6.45) is 0.0312. The Hall–Kier alpha value is -1.89. The zero-order chi connectivity index (χ0) is 14.5. The Morgan fingerprint density at radius 3 is 2.85 bits per heavy atom. The molecule has 1 aliphatic rings. The number of halogens is 2. The molecular weight excluding hydrogens is 272 g/mol. The monoisotopic (exact) mass is 287 g/mol. The van der Waals surface area contributed by atoms with Crippen LogP contribution in [0.15, 0.2) is 24.3 Å². The van der Waals surface area contributed by atoms with Crippen molar-refractivity contribution in [1.82, 2.24) is 0 Å². The van der Waals surface area contributed by atoms with Crippen LogP contribution in [0.25, 0.3) is 0 Å². The Morgan fingerprint density at radius 1 is 1.45 bits per heavy atom. The molecule has 0 amide bonds. The average molecular weight is 287 g/mol. The molecule has 0 saturated carbocycles. The minimum Gasteiger partial charge on any atom is -0.479 e. The molecule has 7 heteroatoms. The van der Waals surface area contributed by atoms with Gasteiger partial charge in [-0.05, 0) is 25.0 Å². The molecule has 2 atom stereocenters. The van der Waals surface area contributed by atoms with Crippen LogP contribution in [0, 0.1) is 0 Å². The van der Waals surface area contributed by atoms with E-state index in [4.69, 9.17) is 9.84 Å². The Kier molecular flexibility index (Phi) is 4.73. The highest BCUT2D eigenvalue weighted by molar-refractivity contribution is 5.72. The quantitative estimate of drug-likeness (QED) is 0.840. The number of para-hydroxylation sites is 2. The summed E-state index contributed by atoms with van der Waals surface area (Å²) in [6, 6.07) is 6.33. The van der Waals surface area contributed by atoms with E-state index in [9.17, 15) is 13.6 Å². The normalized spacial score (nSPS) is 21.9. The Bertz CT molecular complexity index is 469. The fourth-order valence-corrected chi connectivity index (χ4v) is 2.07. The molecule has 2 unspecified atom stereocenters. The maximum Gasteiger partial charge on any atom is 0.387 e. The minimum atomic E-state index is -2.89.